The number of thiophene rings is 1. The maximum Gasteiger partial charge on any atom is 0.345 e. The van der Waals surface area contributed by atoms with Crippen molar-refractivity contribution < 1.29 is 33.3 Å². The molecule has 0 aliphatic carbocycles. The van der Waals surface area contributed by atoms with Crippen LogP contribution >= 0.6 is 18.9 Å². The molecule has 0 aliphatic rings. The largest absolute Gasteiger partial charge is 0.477 e. The van der Waals surface area contributed by atoms with Gasteiger partial charge in [0.05, 0.1) is 18.9 Å². The van der Waals surface area contributed by atoms with Crippen molar-refractivity contribution in [2.75, 3.05) is 13.7 Å². The molecular weight excluding hydrogens is 465 g/mol. The minimum Gasteiger partial charge on any atom is -0.477 e. The molecule has 0 saturated heterocycles. The number of carboxylic acid groups (broad SMARTS) is 1. The van der Waals surface area contributed by atoms with Crippen LogP contribution in [0.4, 0.5) is 0 Å². The Morgan fingerprint density at radius 3 is 2.48 bits per heavy atom. The highest BCUT2D eigenvalue weighted by atomic mass is 32.1. The zero-order chi connectivity index (χ0) is 24.0. The zero-order valence-electron chi connectivity index (χ0n) is 18.5. The topological polar surface area (TPSA) is 111 Å². The monoisotopic (exact) mass is 491 g/mol. The molecule has 8 nitrogen and oxygen atoms in total. The predicted octanol–water partition coefficient (Wildman–Crippen LogP) is 4.93. The van der Waals surface area contributed by atoms with Crippen molar-refractivity contribution >= 4 is 40.9 Å². The minimum absolute atomic E-state index is 0.0364. The van der Waals surface area contributed by atoms with Gasteiger partial charge in [0.2, 0.25) is 0 Å². The van der Waals surface area contributed by atoms with Gasteiger partial charge in [0.25, 0.3) is 0 Å². The number of hydrogen-bond acceptors (Lipinski definition) is 7. The lowest BCUT2D eigenvalue weighted by molar-refractivity contribution is -0.150. The van der Waals surface area contributed by atoms with Crippen LogP contribution in [0.25, 0.3) is 10.1 Å². The van der Waals surface area contributed by atoms with E-state index >= 15 is 0 Å². The van der Waals surface area contributed by atoms with Crippen molar-refractivity contribution in [1.82, 2.24) is 5.09 Å². The number of carbonyl (C=O) groups is 2. The molecule has 0 spiro atoms. The molecule has 3 aromatic rings. The fourth-order valence-corrected chi connectivity index (χ4v) is 6.05. The van der Waals surface area contributed by atoms with Crippen LogP contribution in [0.15, 0.2) is 54.6 Å². The molecule has 33 heavy (non-hydrogen) atoms. The molecule has 0 bridgehead atoms. The second-order valence-electron chi connectivity index (χ2n) is 7.65. The highest BCUT2D eigenvalue weighted by molar-refractivity contribution is 7.56. The van der Waals surface area contributed by atoms with Crippen LogP contribution < -0.4 is 9.61 Å². The first kappa shape index (κ1) is 24.9. The smallest absolute Gasteiger partial charge is 0.345 e. The average molecular weight is 492 g/mol. The van der Waals surface area contributed by atoms with Crippen LogP contribution in [0.3, 0.4) is 0 Å². The Balaban J connectivity index is 1.92. The summed E-state index contributed by atoms with van der Waals surface area (Å²) in [6, 6.07) is 14.6. The molecule has 0 aliphatic heterocycles. The number of carboxylic acids is 1. The summed E-state index contributed by atoms with van der Waals surface area (Å²) in [4.78, 5) is 24.1. The second-order valence-corrected chi connectivity index (χ2v) is 10.8. The van der Waals surface area contributed by atoms with E-state index < -0.39 is 25.5 Å². The van der Waals surface area contributed by atoms with Crippen molar-refractivity contribution in [2.24, 2.45) is 0 Å². The van der Waals surface area contributed by atoms with Crippen molar-refractivity contribution in [3.63, 3.8) is 0 Å². The Morgan fingerprint density at radius 1 is 1.12 bits per heavy atom. The highest BCUT2D eigenvalue weighted by Gasteiger charge is 2.33. The fraction of sp³-hybridized carbons (Fsp3) is 0.304. The van der Waals surface area contributed by atoms with E-state index in [0.29, 0.717) is 11.3 Å². The van der Waals surface area contributed by atoms with Crippen LogP contribution in [0.1, 0.15) is 29.1 Å². The van der Waals surface area contributed by atoms with Gasteiger partial charge in [0, 0.05) is 11.8 Å². The SMILES string of the molecule is COC[C@H](NP(=O)(Cc1ccc2sc(C(=O)O)cc2c1)Oc1ccccc1)C(=O)OC(C)C. The number of esters is 1. The van der Waals surface area contributed by atoms with Gasteiger partial charge in [-0.15, -0.1) is 11.3 Å². The first-order valence-electron chi connectivity index (χ1n) is 10.3. The van der Waals surface area contributed by atoms with Crippen molar-refractivity contribution in [3.8, 4) is 5.75 Å². The van der Waals surface area contributed by atoms with E-state index in [1.54, 1.807) is 62.4 Å². The standard InChI is InChI=1S/C23H26NO7PS/c1-15(2)30-23(27)19(13-29-3)24-32(28,31-18-7-5-4-6-8-18)14-16-9-10-20-17(11-16)12-21(33-20)22(25)26/h4-12,15,19H,13-14H2,1-3H3,(H,24,28)(H,25,26)/t19-,32?/m0/s1. The van der Waals surface area contributed by atoms with E-state index in [-0.39, 0.29) is 23.7 Å². The molecule has 2 atom stereocenters. The Labute approximate surface area is 196 Å². The third-order valence-corrected chi connectivity index (χ3v) is 7.60. The quantitative estimate of drug-likeness (QED) is 0.287. The van der Waals surface area contributed by atoms with Crippen LogP contribution in [0.5, 0.6) is 5.75 Å². The molecular formula is C23H26NO7PS. The van der Waals surface area contributed by atoms with Gasteiger partial charge in [0.15, 0.2) is 0 Å². The van der Waals surface area contributed by atoms with Gasteiger partial charge >= 0.3 is 19.5 Å². The molecule has 0 saturated carbocycles. The van der Waals surface area contributed by atoms with E-state index in [9.17, 15) is 19.3 Å². The Kier molecular flexibility index (Phi) is 8.26. The first-order valence-corrected chi connectivity index (χ1v) is 12.9. The van der Waals surface area contributed by atoms with Crippen LogP contribution in [0, 0.1) is 0 Å². The molecule has 1 aromatic heterocycles. The number of aromatic carboxylic acids is 1. The number of benzene rings is 2. The number of fused-ring (bicyclic) bond motifs is 1. The number of hydrogen-bond donors (Lipinski definition) is 2. The Hall–Kier alpha value is -2.71. The highest BCUT2D eigenvalue weighted by Crippen LogP contribution is 2.47. The third kappa shape index (κ3) is 6.88. The third-order valence-electron chi connectivity index (χ3n) is 4.50. The van der Waals surface area contributed by atoms with E-state index in [0.717, 1.165) is 10.1 Å². The first-order chi connectivity index (χ1) is 15.7. The molecule has 176 valence electrons. The van der Waals surface area contributed by atoms with Gasteiger partial charge in [-0.3, -0.25) is 9.36 Å². The summed E-state index contributed by atoms with van der Waals surface area (Å²) in [6.45, 7) is 3.39. The average Bonchev–Trinajstić information content (AvgIpc) is 3.17. The van der Waals surface area contributed by atoms with E-state index in [1.807, 2.05) is 6.07 Å². The zero-order valence-corrected chi connectivity index (χ0v) is 20.2. The number of nitrogens with one attached hydrogen (secondary N) is 1. The summed E-state index contributed by atoms with van der Waals surface area (Å²) in [6.07, 6.45) is -0.386. The summed E-state index contributed by atoms with van der Waals surface area (Å²) in [7, 11) is -2.24. The van der Waals surface area contributed by atoms with Crippen molar-refractivity contribution in [1.29, 1.82) is 0 Å². The number of rotatable bonds is 11. The van der Waals surface area contributed by atoms with Gasteiger partial charge in [-0.1, -0.05) is 24.3 Å². The van der Waals surface area contributed by atoms with Gasteiger partial charge < -0.3 is 19.1 Å². The number of carbonyl (C=O) groups excluding carboxylic acids is 1. The maximum absolute atomic E-state index is 14.0. The van der Waals surface area contributed by atoms with Gasteiger partial charge in [-0.2, -0.15) is 0 Å². The molecule has 0 amide bonds. The Bertz CT molecular complexity index is 1160. The molecule has 0 radical (unpaired) electrons. The lowest BCUT2D eigenvalue weighted by atomic mass is 10.2. The maximum atomic E-state index is 14.0. The summed E-state index contributed by atoms with van der Waals surface area (Å²) < 4.78 is 31.1. The van der Waals surface area contributed by atoms with Crippen LogP contribution in [-0.4, -0.2) is 42.9 Å². The summed E-state index contributed by atoms with van der Waals surface area (Å²) in [5, 5.41) is 12.8. The van der Waals surface area contributed by atoms with Gasteiger partial charge in [-0.05, 0) is 55.1 Å². The summed E-state index contributed by atoms with van der Waals surface area (Å²) >= 11 is 1.17. The lowest BCUT2D eigenvalue weighted by Crippen LogP contribution is -2.41. The number of para-hydroxylation sites is 1. The fourth-order valence-electron chi connectivity index (χ4n) is 3.17. The second kappa shape index (κ2) is 10.9. The van der Waals surface area contributed by atoms with E-state index in [2.05, 4.69) is 5.09 Å². The molecule has 1 heterocycles. The number of ether oxygens (including phenoxy) is 2. The normalized spacial score (nSPS) is 14.1. The Morgan fingerprint density at radius 2 is 1.85 bits per heavy atom. The van der Waals surface area contributed by atoms with Gasteiger partial charge in [-0.25, -0.2) is 9.88 Å². The minimum atomic E-state index is -3.68. The summed E-state index contributed by atoms with van der Waals surface area (Å²) in [5.41, 5.74) is 0.664. The predicted molar refractivity (Wildman–Crippen MR) is 127 cm³/mol. The van der Waals surface area contributed by atoms with Crippen molar-refractivity contribution in [2.45, 2.75) is 32.2 Å². The van der Waals surface area contributed by atoms with Crippen LogP contribution in [-0.2, 0) is 25.0 Å². The summed E-state index contributed by atoms with van der Waals surface area (Å²) in [5.74, 6) is -1.21. The molecule has 1 unspecified atom stereocenters. The molecule has 2 aromatic carbocycles. The van der Waals surface area contributed by atoms with Crippen molar-refractivity contribution in [3.05, 3.63) is 65.0 Å². The lowest BCUT2D eigenvalue weighted by Gasteiger charge is -2.26. The molecule has 10 heteroatoms. The molecule has 0 fully saturated rings. The molecule has 3 rings (SSSR count). The van der Waals surface area contributed by atoms with E-state index in [4.69, 9.17) is 14.0 Å². The number of methoxy groups -OCH3 is 1. The van der Waals surface area contributed by atoms with Crippen LogP contribution in [0.2, 0.25) is 0 Å². The molecule has 2 N–H and O–H groups in total. The van der Waals surface area contributed by atoms with Gasteiger partial charge in [0.1, 0.15) is 16.7 Å². The van der Waals surface area contributed by atoms with E-state index in [1.165, 1.54) is 18.4 Å².